The molecule has 1 fully saturated rings. The van der Waals surface area contributed by atoms with Crippen molar-refractivity contribution in [1.82, 2.24) is 18.6 Å². The molecule has 1 saturated heterocycles. The molecule has 0 unspecified atom stereocenters. The first-order valence-electron chi connectivity index (χ1n) is 12.1. The molecule has 0 spiro atoms. The number of nitrogens with one attached hydrogen (secondary N) is 1. The van der Waals surface area contributed by atoms with Crippen molar-refractivity contribution < 1.29 is 8.42 Å². The highest BCUT2D eigenvalue weighted by molar-refractivity contribution is 7.86. The molecule has 1 aromatic heterocycles. The molecule has 1 N–H and O–H groups in total. The zero-order valence-electron chi connectivity index (χ0n) is 19.7. The molecular formula is C26H30N6O2S. The number of rotatable bonds is 6. The lowest BCUT2D eigenvalue weighted by molar-refractivity contribution is 0.264. The Morgan fingerprint density at radius 2 is 1.89 bits per heavy atom. The van der Waals surface area contributed by atoms with Crippen molar-refractivity contribution in [2.45, 2.75) is 44.8 Å². The number of piperidine rings is 1. The molecule has 3 aromatic rings. The van der Waals surface area contributed by atoms with Gasteiger partial charge in [-0.2, -0.15) is 22.3 Å². The SMILES string of the molecule is N#Cc1ccc2c(c1)CN(S(=O)(=O)N1CCCCC1)[C@H](Cc1ccccc1)CN2Cc1cnc[nH]1. The Labute approximate surface area is 207 Å². The maximum absolute atomic E-state index is 14.0. The predicted molar refractivity (Wildman–Crippen MR) is 135 cm³/mol. The number of nitrogens with zero attached hydrogens (tertiary/aromatic N) is 5. The molecule has 182 valence electrons. The van der Waals surface area contributed by atoms with Gasteiger partial charge in [0, 0.05) is 44.1 Å². The topological polar surface area (TPSA) is 96.3 Å². The summed E-state index contributed by atoms with van der Waals surface area (Å²) in [7, 11) is -3.69. The standard InChI is InChI=1S/C26H30N6O2S/c27-15-22-9-10-26-23(13-22)17-32(35(33,34)31-11-5-2-6-12-31)25(14-21-7-3-1-4-8-21)19-30(26)18-24-16-28-20-29-24/h1,3-4,7-10,13,16,20,25H,2,5-6,11-12,14,17-19H2,(H,28,29)/t25-/m1/s1. The van der Waals surface area contributed by atoms with Crippen molar-refractivity contribution >= 4 is 15.9 Å². The van der Waals surface area contributed by atoms with Crippen molar-refractivity contribution in [3.63, 3.8) is 0 Å². The Hall–Kier alpha value is -3.19. The van der Waals surface area contributed by atoms with E-state index in [0.717, 1.165) is 41.8 Å². The summed E-state index contributed by atoms with van der Waals surface area (Å²) in [5.41, 5.74) is 4.38. The lowest BCUT2D eigenvalue weighted by Crippen LogP contribution is -2.52. The van der Waals surface area contributed by atoms with Gasteiger partial charge in [-0.25, -0.2) is 4.98 Å². The number of nitriles is 1. The summed E-state index contributed by atoms with van der Waals surface area (Å²) in [5, 5.41) is 9.54. The minimum Gasteiger partial charge on any atom is -0.364 e. The molecule has 0 bridgehead atoms. The molecule has 3 heterocycles. The van der Waals surface area contributed by atoms with Crippen LogP contribution in [0.2, 0.25) is 0 Å². The van der Waals surface area contributed by atoms with Crippen LogP contribution in [0, 0.1) is 11.3 Å². The molecule has 0 radical (unpaired) electrons. The van der Waals surface area contributed by atoms with Gasteiger partial charge in [0.05, 0.1) is 30.2 Å². The second-order valence-corrected chi connectivity index (χ2v) is 11.2. The highest BCUT2D eigenvalue weighted by atomic mass is 32.2. The van der Waals surface area contributed by atoms with E-state index >= 15 is 0 Å². The molecule has 2 aliphatic heterocycles. The summed E-state index contributed by atoms with van der Waals surface area (Å²) >= 11 is 0. The van der Waals surface area contributed by atoms with Crippen LogP contribution in [-0.4, -0.2) is 52.7 Å². The molecule has 0 aliphatic carbocycles. The van der Waals surface area contributed by atoms with Gasteiger partial charge in [0.25, 0.3) is 10.2 Å². The van der Waals surface area contributed by atoms with E-state index in [1.807, 2.05) is 30.3 Å². The van der Waals surface area contributed by atoms with Crippen LogP contribution in [0.1, 0.15) is 41.6 Å². The monoisotopic (exact) mass is 490 g/mol. The van der Waals surface area contributed by atoms with Crippen molar-refractivity contribution in [3.05, 3.63) is 83.4 Å². The maximum atomic E-state index is 14.0. The first kappa shape index (κ1) is 23.5. The molecular weight excluding hydrogens is 460 g/mol. The summed E-state index contributed by atoms with van der Waals surface area (Å²) in [6.45, 7) is 2.45. The third-order valence-electron chi connectivity index (χ3n) is 6.88. The van der Waals surface area contributed by atoms with Crippen LogP contribution in [-0.2, 0) is 29.7 Å². The highest BCUT2D eigenvalue weighted by Crippen LogP contribution is 2.33. The Morgan fingerprint density at radius 1 is 1.09 bits per heavy atom. The molecule has 5 rings (SSSR count). The van der Waals surface area contributed by atoms with Crippen LogP contribution in [0.3, 0.4) is 0 Å². The van der Waals surface area contributed by atoms with Crippen molar-refractivity contribution in [2.24, 2.45) is 0 Å². The average molecular weight is 491 g/mol. The van der Waals surface area contributed by atoms with Gasteiger partial charge in [-0.3, -0.25) is 0 Å². The summed E-state index contributed by atoms with van der Waals surface area (Å²) < 4.78 is 31.4. The van der Waals surface area contributed by atoms with E-state index in [4.69, 9.17) is 0 Å². The molecule has 35 heavy (non-hydrogen) atoms. The Bertz CT molecular complexity index is 1280. The van der Waals surface area contributed by atoms with E-state index in [-0.39, 0.29) is 12.6 Å². The van der Waals surface area contributed by atoms with E-state index in [0.29, 0.717) is 38.2 Å². The third kappa shape index (κ3) is 5.10. The second-order valence-electron chi connectivity index (χ2n) is 9.27. The molecule has 9 heteroatoms. The van der Waals surface area contributed by atoms with E-state index in [1.165, 1.54) is 0 Å². The predicted octanol–water partition coefficient (Wildman–Crippen LogP) is 3.45. The zero-order valence-corrected chi connectivity index (χ0v) is 20.5. The molecule has 0 saturated carbocycles. The van der Waals surface area contributed by atoms with Crippen LogP contribution in [0.4, 0.5) is 5.69 Å². The Morgan fingerprint density at radius 3 is 2.60 bits per heavy atom. The fourth-order valence-electron chi connectivity index (χ4n) is 5.12. The number of hydrogen-bond acceptors (Lipinski definition) is 5. The average Bonchev–Trinajstić information content (AvgIpc) is 3.35. The number of anilines is 1. The summed E-state index contributed by atoms with van der Waals surface area (Å²) in [5.74, 6) is 0. The third-order valence-corrected chi connectivity index (χ3v) is 8.92. The Kier molecular flexibility index (Phi) is 6.86. The molecule has 2 aliphatic rings. The van der Waals surface area contributed by atoms with E-state index in [1.54, 1.807) is 27.2 Å². The molecule has 2 aromatic carbocycles. The van der Waals surface area contributed by atoms with Gasteiger partial charge in [-0.1, -0.05) is 36.8 Å². The largest absolute Gasteiger partial charge is 0.364 e. The molecule has 0 amide bonds. The summed E-state index contributed by atoms with van der Waals surface area (Å²) in [6.07, 6.45) is 6.89. The molecule has 8 nitrogen and oxygen atoms in total. The van der Waals surface area contributed by atoms with Gasteiger partial charge in [0.2, 0.25) is 0 Å². The number of benzene rings is 2. The van der Waals surface area contributed by atoms with Gasteiger partial charge < -0.3 is 9.88 Å². The number of H-pyrrole nitrogens is 1. The van der Waals surface area contributed by atoms with E-state index in [2.05, 4.69) is 33.1 Å². The lowest BCUT2D eigenvalue weighted by Gasteiger charge is -2.36. The van der Waals surface area contributed by atoms with Crippen LogP contribution >= 0.6 is 0 Å². The van der Waals surface area contributed by atoms with Crippen molar-refractivity contribution in [3.8, 4) is 6.07 Å². The summed E-state index contributed by atoms with van der Waals surface area (Å²) in [4.78, 5) is 9.54. The van der Waals surface area contributed by atoms with Crippen LogP contribution in [0.15, 0.2) is 61.1 Å². The van der Waals surface area contributed by atoms with Crippen LogP contribution in [0.25, 0.3) is 0 Å². The smallest absolute Gasteiger partial charge is 0.282 e. The van der Waals surface area contributed by atoms with E-state index < -0.39 is 10.2 Å². The zero-order chi connectivity index (χ0) is 24.3. The first-order valence-corrected chi connectivity index (χ1v) is 13.5. The number of fused-ring (bicyclic) bond motifs is 1. The number of hydrogen-bond donors (Lipinski definition) is 1. The highest BCUT2D eigenvalue weighted by Gasteiger charge is 2.39. The van der Waals surface area contributed by atoms with Gasteiger partial charge >= 0.3 is 0 Å². The van der Waals surface area contributed by atoms with Crippen LogP contribution < -0.4 is 4.90 Å². The number of imidazole rings is 1. The second kappa shape index (κ2) is 10.2. The Balaban J connectivity index is 1.58. The lowest BCUT2D eigenvalue weighted by atomic mass is 10.1. The minimum absolute atomic E-state index is 0.237. The van der Waals surface area contributed by atoms with Crippen LogP contribution in [0.5, 0.6) is 0 Å². The maximum Gasteiger partial charge on any atom is 0.282 e. The van der Waals surface area contributed by atoms with E-state index in [9.17, 15) is 13.7 Å². The number of aromatic nitrogens is 2. The van der Waals surface area contributed by atoms with Crippen molar-refractivity contribution in [1.29, 1.82) is 5.26 Å². The summed E-state index contributed by atoms with van der Waals surface area (Å²) in [6, 6.07) is 17.6. The van der Waals surface area contributed by atoms with Gasteiger partial charge in [0.1, 0.15) is 0 Å². The normalized spacial score (nSPS) is 19.6. The fraction of sp³-hybridized carbons (Fsp3) is 0.385. The number of aromatic amines is 1. The van der Waals surface area contributed by atoms with Gasteiger partial charge in [-0.05, 0) is 48.6 Å². The van der Waals surface area contributed by atoms with Gasteiger partial charge in [0.15, 0.2) is 0 Å². The van der Waals surface area contributed by atoms with Crippen molar-refractivity contribution in [2.75, 3.05) is 24.5 Å². The fourth-order valence-corrected chi connectivity index (χ4v) is 6.96. The first-order chi connectivity index (χ1) is 17.0. The minimum atomic E-state index is -3.69. The van der Waals surface area contributed by atoms with Gasteiger partial charge in [-0.15, -0.1) is 0 Å². The molecule has 1 atom stereocenters. The quantitative estimate of drug-likeness (QED) is 0.571.